The summed E-state index contributed by atoms with van der Waals surface area (Å²) in [5, 5.41) is 9.04. The van der Waals surface area contributed by atoms with E-state index in [0.717, 1.165) is 0 Å². The summed E-state index contributed by atoms with van der Waals surface area (Å²) in [6.45, 7) is 3.48. The van der Waals surface area contributed by atoms with E-state index in [1.54, 1.807) is 19.9 Å². The zero-order valence-electron chi connectivity index (χ0n) is 5.19. The Kier molecular flexibility index (Phi) is 3.10. The van der Waals surface area contributed by atoms with Crippen LogP contribution in [0.1, 0.15) is 20.3 Å². The molecule has 0 saturated heterocycles. The molecule has 48 valence electrons. The molecule has 0 aliphatic carbocycles. The largest absolute Gasteiger partial charge is 0.390 e. The molecule has 8 heavy (non-hydrogen) atoms. The van der Waals surface area contributed by atoms with E-state index in [2.05, 4.69) is 0 Å². The van der Waals surface area contributed by atoms with Crippen molar-refractivity contribution in [3.05, 3.63) is 11.6 Å². The number of rotatable bonds is 2. The Morgan fingerprint density at radius 2 is 2.12 bits per heavy atom. The first-order chi connectivity index (χ1) is 3.56. The van der Waals surface area contributed by atoms with E-state index in [-0.39, 0.29) is 0 Å². The van der Waals surface area contributed by atoms with Gasteiger partial charge in [-0.15, -0.1) is 0 Å². The molecule has 0 aromatic heterocycles. The minimum Gasteiger partial charge on any atom is -0.390 e. The van der Waals surface area contributed by atoms with Crippen LogP contribution in [-0.4, -0.2) is 10.7 Å². The zero-order valence-corrected chi connectivity index (χ0v) is 5.94. The van der Waals surface area contributed by atoms with Crippen LogP contribution in [0.3, 0.4) is 0 Å². The molecule has 1 N–H and O–H groups in total. The lowest BCUT2D eigenvalue weighted by atomic mass is 10.1. The van der Waals surface area contributed by atoms with Gasteiger partial charge in [-0.25, -0.2) is 0 Å². The van der Waals surface area contributed by atoms with Gasteiger partial charge in [0, 0.05) is 5.54 Å². The predicted octanol–water partition coefficient (Wildman–Crippen LogP) is 1.90. The van der Waals surface area contributed by atoms with Crippen LogP contribution in [0.25, 0.3) is 0 Å². The monoisotopic (exact) mass is 134 g/mol. The van der Waals surface area contributed by atoms with E-state index in [0.29, 0.717) is 6.42 Å². The fraction of sp³-hybridized carbons (Fsp3) is 0.667. The molecule has 0 atom stereocenters. The maximum Gasteiger partial charge on any atom is 0.0626 e. The molecule has 0 aliphatic heterocycles. The third-order valence-corrected chi connectivity index (χ3v) is 0.885. The number of halogens is 1. The zero-order chi connectivity index (χ0) is 6.62. The Morgan fingerprint density at radius 1 is 1.62 bits per heavy atom. The lowest BCUT2D eigenvalue weighted by molar-refractivity contribution is 0.0839. The third-order valence-electron chi connectivity index (χ3n) is 0.706. The van der Waals surface area contributed by atoms with Gasteiger partial charge in [0.1, 0.15) is 0 Å². The van der Waals surface area contributed by atoms with Gasteiger partial charge in [-0.2, -0.15) is 0 Å². The Morgan fingerprint density at radius 3 is 2.25 bits per heavy atom. The first-order valence-corrected chi connectivity index (χ1v) is 2.97. The first-order valence-electron chi connectivity index (χ1n) is 2.54. The average Bonchev–Trinajstić information content (AvgIpc) is 1.59. The second-order valence-electron chi connectivity index (χ2n) is 2.38. The van der Waals surface area contributed by atoms with Crippen LogP contribution < -0.4 is 0 Å². The summed E-state index contributed by atoms with van der Waals surface area (Å²) >= 11 is 5.22. The van der Waals surface area contributed by atoms with Gasteiger partial charge < -0.3 is 5.11 Å². The van der Waals surface area contributed by atoms with Crippen molar-refractivity contribution in [1.29, 1.82) is 0 Å². The van der Waals surface area contributed by atoms with Crippen molar-refractivity contribution in [1.82, 2.24) is 0 Å². The van der Waals surface area contributed by atoms with E-state index in [4.69, 9.17) is 16.7 Å². The van der Waals surface area contributed by atoms with Gasteiger partial charge in [0.15, 0.2) is 0 Å². The number of hydrogen-bond acceptors (Lipinski definition) is 1. The number of hydrogen-bond donors (Lipinski definition) is 1. The van der Waals surface area contributed by atoms with Crippen molar-refractivity contribution in [3.8, 4) is 0 Å². The third kappa shape index (κ3) is 5.99. The molecule has 0 radical (unpaired) electrons. The SMILES string of the molecule is CC(C)(O)C/C=C/Cl. The number of aliphatic hydroxyl groups is 1. The summed E-state index contributed by atoms with van der Waals surface area (Å²) in [6.07, 6.45) is 2.33. The van der Waals surface area contributed by atoms with Crippen LogP contribution in [0, 0.1) is 0 Å². The summed E-state index contributed by atoms with van der Waals surface area (Å²) in [4.78, 5) is 0. The van der Waals surface area contributed by atoms with E-state index in [1.165, 1.54) is 5.54 Å². The highest BCUT2D eigenvalue weighted by atomic mass is 35.5. The molecular weight excluding hydrogens is 124 g/mol. The Balaban J connectivity index is 3.39. The summed E-state index contributed by atoms with van der Waals surface area (Å²) in [5.41, 5.74) is 0.795. The van der Waals surface area contributed by atoms with Gasteiger partial charge >= 0.3 is 0 Å². The fourth-order valence-corrected chi connectivity index (χ4v) is 0.422. The Labute approximate surface area is 55.0 Å². The van der Waals surface area contributed by atoms with Crippen molar-refractivity contribution in [2.45, 2.75) is 25.9 Å². The molecule has 0 heterocycles. The van der Waals surface area contributed by atoms with Gasteiger partial charge in [0.05, 0.1) is 5.60 Å². The van der Waals surface area contributed by atoms with Crippen LogP contribution in [0.5, 0.6) is 0 Å². The average molecular weight is 135 g/mol. The molecule has 0 amide bonds. The van der Waals surface area contributed by atoms with Crippen LogP contribution in [0.15, 0.2) is 11.6 Å². The van der Waals surface area contributed by atoms with Crippen molar-refractivity contribution >= 4 is 11.6 Å². The molecule has 0 aromatic carbocycles. The highest BCUT2D eigenvalue weighted by Crippen LogP contribution is 2.07. The van der Waals surface area contributed by atoms with Gasteiger partial charge in [0.2, 0.25) is 0 Å². The van der Waals surface area contributed by atoms with E-state index in [9.17, 15) is 0 Å². The lowest BCUT2D eigenvalue weighted by Gasteiger charge is -2.12. The van der Waals surface area contributed by atoms with Crippen molar-refractivity contribution in [2.75, 3.05) is 0 Å². The predicted molar refractivity (Wildman–Crippen MR) is 35.9 cm³/mol. The highest BCUT2D eigenvalue weighted by molar-refractivity contribution is 6.25. The molecule has 1 nitrogen and oxygen atoms in total. The fourth-order valence-electron chi connectivity index (χ4n) is 0.333. The molecule has 0 fully saturated rings. The molecule has 0 spiro atoms. The smallest absolute Gasteiger partial charge is 0.0626 e. The van der Waals surface area contributed by atoms with Crippen molar-refractivity contribution < 1.29 is 5.11 Å². The summed E-state index contributed by atoms with van der Waals surface area (Å²) in [6, 6.07) is 0. The molecule has 0 bridgehead atoms. The maximum absolute atomic E-state index is 9.04. The van der Waals surface area contributed by atoms with Crippen molar-refractivity contribution in [2.24, 2.45) is 0 Å². The molecular formula is C6H11ClO. The molecule has 2 heteroatoms. The van der Waals surface area contributed by atoms with Crippen LogP contribution >= 0.6 is 11.6 Å². The molecule has 0 saturated carbocycles. The van der Waals surface area contributed by atoms with Gasteiger partial charge in [-0.1, -0.05) is 17.7 Å². The maximum atomic E-state index is 9.04. The van der Waals surface area contributed by atoms with Gasteiger partial charge in [-0.3, -0.25) is 0 Å². The second-order valence-corrected chi connectivity index (χ2v) is 2.63. The summed E-state index contributed by atoms with van der Waals surface area (Å²) in [7, 11) is 0. The van der Waals surface area contributed by atoms with E-state index in [1.807, 2.05) is 0 Å². The molecule has 0 unspecified atom stereocenters. The highest BCUT2D eigenvalue weighted by Gasteiger charge is 2.07. The minimum atomic E-state index is -0.620. The van der Waals surface area contributed by atoms with E-state index < -0.39 is 5.60 Å². The Hall–Kier alpha value is -0.0100. The molecule has 0 aromatic rings. The lowest BCUT2D eigenvalue weighted by Crippen LogP contribution is -2.16. The van der Waals surface area contributed by atoms with Crippen molar-refractivity contribution in [3.63, 3.8) is 0 Å². The first kappa shape index (κ1) is 7.99. The summed E-state index contributed by atoms with van der Waals surface area (Å²) < 4.78 is 0. The van der Waals surface area contributed by atoms with E-state index >= 15 is 0 Å². The quantitative estimate of drug-likeness (QED) is 0.612. The second kappa shape index (κ2) is 3.10. The Bertz CT molecular complexity index is 81.0. The topological polar surface area (TPSA) is 20.2 Å². The van der Waals surface area contributed by atoms with Gasteiger partial charge in [-0.05, 0) is 20.3 Å². The minimum absolute atomic E-state index is 0.608. The normalized spacial score (nSPS) is 13.0. The molecule has 0 rings (SSSR count). The van der Waals surface area contributed by atoms with Crippen LogP contribution in [0.2, 0.25) is 0 Å². The standard InChI is InChI=1S/C6H11ClO/c1-6(2,8)4-3-5-7/h3,5,8H,4H2,1-2H3/b5-3+. The van der Waals surface area contributed by atoms with Crippen LogP contribution in [0.4, 0.5) is 0 Å². The molecule has 0 aliphatic rings. The van der Waals surface area contributed by atoms with Crippen LogP contribution in [-0.2, 0) is 0 Å². The van der Waals surface area contributed by atoms with Gasteiger partial charge in [0.25, 0.3) is 0 Å². The summed E-state index contributed by atoms with van der Waals surface area (Å²) in [5.74, 6) is 0.